The van der Waals surface area contributed by atoms with Gasteiger partial charge in [0.05, 0.1) is 11.8 Å². The van der Waals surface area contributed by atoms with Gasteiger partial charge in [-0.05, 0) is 70.9 Å². The van der Waals surface area contributed by atoms with Crippen LogP contribution in [-0.4, -0.2) is 23.1 Å². The molecule has 0 radical (unpaired) electrons. The van der Waals surface area contributed by atoms with Crippen molar-refractivity contribution in [2.75, 3.05) is 0 Å². The Hall–Kier alpha value is -2.10. The van der Waals surface area contributed by atoms with Gasteiger partial charge in [0.1, 0.15) is 11.2 Å². The number of hydrogen-bond acceptors (Lipinski definition) is 4. The zero-order chi connectivity index (χ0) is 22.6. The Balaban J connectivity index is 1.54. The minimum Gasteiger partial charge on any atom is -0.454 e. The highest BCUT2D eigenvalue weighted by Crippen LogP contribution is 2.54. The summed E-state index contributed by atoms with van der Waals surface area (Å²) < 4.78 is 12.3. The highest BCUT2D eigenvalue weighted by molar-refractivity contribution is 5.84. The summed E-state index contributed by atoms with van der Waals surface area (Å²) in [4.78, 5) is 26.9. The molecule has 0 heterocycles. The van der Waals surface area contributed by atoms with Crippen LogP contribution in [0.4, 0.5) is 0 Å². The van der Waals surface area contributed by atoms with Crippen LogP contribution in [0.2, 0.25) is 0 Å². The molecule has 2 bridgehead atoms. The van der Waals surface area contributed by atoms with Crippen LogP contribution in [0.1, 0.15) is 60.8 Å². The molecule has 8 atom stereocenters. The van der Waals surface area contributed by atoms with E-state index in [0.717, 1.165) is 30.4 Å². The highest BCUT2D eigenvalue weighted by Gasteiger charge is 2.57. The smallest absolute Gasteiger partial charge is 0.310 e. The second-order valence-electron chi connectivity index (χ2n) is 10.7. The molecule has 4 nitrogen and oxygen atoms in total. The number of ether oxygens (including phenoxy) is 2. The molecule has 31 heavy (non-hydrogen) atoms. The molecule has 168 valence electrons. The quantitative estimate of drug-likeness (QED) is 0.555. The summed E-state index contributed by atoms with van der Waals surface area (Å²) >= 11 is 0. The van der Waals surface area contributed by atoms with Crippen LogP contribution in [0.3, 0.4) is 0 Å². The van der Waals surface area contributed by atoms with Crippen molar-refractivity contribution in [3.05, 3.63) is 47.6 Å². The Kier molecular flexibility index (Phi) is 5.56. The van der Waals surface area contributed by atoms with Crippen molar-refractivity contribution < 1.29 is 19.1 Å². The lowest BCUT2D eigenvalue weighted by molar-refractivity contribution is -0.177. The van der Waals surface area contributed by atoms with Gasteiger partial charge in [0, 0.05) is 11.8 Å². The molecule has 0 N–H and O–H groups in total. The maximum absolute atomic E-state index is 13.5. The molecule has 0 saturated heterocycles. The molecule has 4 rings (SSSR count). The van der Waals surface area contributed by atoms with Crippen molar-refractivity contribution in [2.45, 2.75) is 72.0 Å². The first-order valence-corrected chi connectivity index (χ1v) is 11.7. The summed E-state index contributed by atoms with van der Waals surface area (Å²) in [6.45, 7) is 12.1. The number of carbonyl (C=O) groups is 2. The summed E-state index contributed by atoms with van der Waals surface area (Å²) in [5, 5.41) is 0. The Morgan fingerprint density at radius 3 is 1.58 bits per heavy atom. The van der Waals surface area contributed by atoms with E-state index in [4.69, 9.17) is 9.47 Å². The van der Waals surface area contributed by atoms with Crippen LogP contribution in [0.15, 0.2) is 47.6 Å². The number of hydrogen-bond donors (Lipinski definition) is 0. The summed E-state index contributed by atoms with van der Waals surface area (Å²) in [6, 6.07) is 0. The van der Waals surface area contributed by atoms with Crippen molar-refractivity contribution >= 4 is 11.9 Å². The molecule has 4 heteroatoms. The van der Waals surface area contributed by atoms with Crippen molar-refractivity contribution in [2.24, 2.45) is 35.5 Å². The van der Waals surface area contributed by atoms with E-state index in [2.05, 4.69) is 38.2 Å². The molecule has 2 saturated carbocycles. The van der Waals surface area contributed by atoms with Gasteiger partial charge in [0.2, 0.25) is 0 Å². The lowest BCUT2D eigenvalue weighted by Gasteiger charge is -2.39. The van der Waals surface area contributed by atoms with E-state index in [1.54, 1.807) is 0 Å². The predicted molar refractivity (Wildman–Crippen MR) is 121 cm³/mol. The minimum atomic E-state index is -0.680. The van der Waals surface area contributed by atoms with Gasteiger partial charge in [-0.15, -0.1) is 0 Å². The van der Waals surface area contributed by atoms with Crippen molar-refractivity contribution in [1.29, 1.82) is 0 Å². The molecule has 0 spiro atoms. The maximum atomic E-state index is 13.5. The van der Waals surface area contributed by atoms with E-state index < -0.39 is 23.0 Å². The number of rotatable bonds is 4. The molecular formula is C27H36O4. The summed E-state index contributed by atoms with van der Waals surface area (Å²) in [5.74, 6) is -0.681. The standard InChI is InChI=1S/C27H36O4/c1-16-7-9-18(3)26(5,14-16)30-24(28)22-20-11-12-21(13-20)23(22)25(29)31-27(6)15-17(2)8-10-19(27)4/h7-10,14-15,18-23H,11-13H2,1-6H3. The first-order valence-electron chi connectivity index (χ1n) is 11.7. The number of carbonyl (C=O) groups excluding carboxylic acids is 2. The average molecular weight is 425 g/mol. The van der Waals surface area contributed by atoms with E-state index in [-0.39, 0.29) is 35.6 Å². The Morgan fingerprint density at radius 2 is 1.19 bits per heavy atom. The fourth-order valence-electron chi connectivity index (χ4n) is 6.02. The normalized spacial score (nSPS) is 43.4. The van der Waals surface area contributed by atoms with Gasteiger partial charge in [0.25, 0.3) is 0 Å². The van der Waals surface area contributed by atoms with Gasteiger partial charge in [-0.3, -0.25) is 9.59 Å². The maximum Gasteiger partial charge on any atom is 0.310 e. The minimum absolute atomic E-state index is 0.0889. The Morgan fingerprint density at radius 1 is 0.806 bits per heavy atom. The average Bonchev–Trinajstić information content (AvgIpc) is 3.29. The molecule has 4 aliphatic carbocycles. The third-order valence-corrected chi connectivity index (χ3v) is 8.23. The number of allylic oxidation sites excluding steroid dienone is 4. The molecular weight excluding hydrogens is 388 g/mol. The molecule has 2 fully saturated rings. The first-order chi connectivity index (χ1) is 14.5. The van der Waals surface area contributed by atoms with Crippen LogP contribution < -0.4 is 0 Å². The van der Waals surface area contributed by atoms with Crippen LogP contribution in [0.25, 0.3) is 0 Å². The molecule has 0 aromatic rings. The lowest BCUT2D eigenvalue weighted by Crippen LogP contribution is -2.46. The molecule has 0 amide bonds. The summed E-state index contributed by atoms with van der Waals surface area (Å²) in [7, 11) is 0. The molecule has 0 aromatic carbocycles. The van der Waals surface area contributed by atoms with Gasteiger partial charge in [-0.25, -0.2) is 0 Å². The highest BCUT2D eigenvalue weighted by atomic mass is 16.6. The van der Waals surface area contributed by atoms with Crippen LogP contribution in [-0.2, 0) is 19.1 Å². The Bertz CT molecular complexity index is 821. The Labute approximate surface area is 186 Å². The third-order valence-electron chi connectivity index (χ3n) is 8.23. The van der Waals surface area contributed by atoms with E-state index in [1.165, 1.54) is 0 Å². The topological polar surface area (TPSA) is 52.6 Å². The van der Waals surface area contributed by atoms with Gasteiger partial charge in [0.15, 0.2) is 0 Å². The molecule has 4 aliphatic rings. The van der Waals surface area contributed by atoms with Gasteiger partial charge in [-0.1, -0.05) is 49.3 Å². The van der Waals surface area contributed by atoms with E-state index in [1.807, 2.05) is 39.8 Å². The van der Waals surface area contributed by atoms with Crippen LogP contribution >= 0.6 is 0 Å². The van der Waals surface area contributed by atoms with E-state index in [0.29, 0.717) is 0 Å². The fraction of sp³-hybridized carbons (Fsp3) is 0.630. The van der Waals surface area contributed by atoms with Gasteiger partial charge in [-0.2, -0.15) is 0 Å². The number of esters is 2. The zero-order valence-corrected chi connectivity index (χ0v) is 19.7. The SMILES string of the molecule is CC1=CC(C)(OC(=O)C2C3CCC(C3)C2C(=O)OC2(C)C=C(C)C=CC2C)C(C)C=C1. The van der Waals surface area contributed by atoms with Crippen molar-refractivity contribution in [3.63, 3.8) is 0 Å². The third kappa shape index (κ3) is 3.94. The van der Waals surface area contributed by atoms with Gasteiger partial charge >= 0.3 is 11.9 Å². The fourth-order valence-corrected chi connectivity index (χ4v) is 6.02. The lowest BCUT2D eigenvalue weighted by atomic mass is 9.78. The molecule has 0 aromatic heterocycles. The second-order valence-corrected chi connectivity index (χ2v) is 10.7. The van der Waals surface area contributed by atoms with Crippen LogP contribution in [0.5, 0.6) is 0 Å². The second kappa shape index (κ2) is 7.79. The molecule has 0 aliphatic heterocycles. The van der Waals surface area contributed by atoms with Gasteiger partial charge < -0.3 is 9.47 Å². The van der Waals surface area contributed by atoms with Crippen molar-refractivity contribution in [1.82, 2.24) is 0 Å². The largest absolute Gasteiger partial charge is 0.454 e. The number of fused-ring (bicyclic) bond motifs is 2. The zero-order valence-electron chi connectivity index (χ0n) is 19.7. The molecule has 8 unspecified atom stereocenters. The summed E-state index contributed by atoms with van der Waals surface area (Å²) in [5.41, 5.74) is 0.819. The van der Waals surface area contributed by atoms with E-state index >= 15 is 0 Å². The summed E-state index contributed by atoms with van der Waals surface area (Å²) in [6.07, 6.45) is 15.3. The predicted octanol–water partition coefficient (Wildman–Crippen LogP) is 5.56. The van der Waals surface area contributed by atoms with Crippen LogP contribution in [0, 0.1) is 35.5 Å². The first kappa shape index (κ1) is 22.1. The van der Waals surface area contributed by atoms with E-state index in [9.17, 15) is 9.59 Å². The van der Waals surface area contributed by atoms with Crippen molar-refractivity contribution in [3.8, 4) is 0 Å². The monoisotopic (exact) mass is 424 g/mol.